The summed E-state index contributed by atoms with van der Waals surface area (Å²) in [4.78, 5) is 10.9. The average molecular weight is 207 g/mol. The number of aliphatic carboxylic acids is 1. The number of hydrogen-bond acceptors (Lipinski definition) is 3. The molecule has 0 bridgehead atoms. The Morgan fingerprint density at radius 2 is 2.27 bits per heavy atom. The average Bonchev–Trinajstić information content (AvgIpc) is 2.92. The molecule has 2 rings (SSSR count). The minimum absolute atomic E-state index is 0.133. The van der Waals surface area contributed by atoms with Gasteiger partial charge < -0.3 is 15.6 Å². The lowest BCUT2D eigenvalue weighted by atomic mass is 10.1. The van der Waals surface area contributed by atoms with Crippen molar-refractivity contribution in [1.82, 2.24) is 0 Å². The van der Waals surface area contributed by atoms with E-state index in [-0.39, 0.29) is 5.92 Å². The van der Waals surface area contributed by atoms with Gasteiger partial charge in [-0.2, -0.15) is 0 Å². The SMILES string of the molecule is COc1ccccc1[C@H]1C[C@@]1(N)C(=O)O. The molecular formula is C11H13NO3. The van der Waals surface area contributed by atoms with Gasteiger partial charge in [0.1, 0.15) is 11.3 Å². The predicted octanol–water partition coefficient (Wildman–Crippen LogP) is 0.965. The molecule has 4 heteroatoms. The van der Waals surface area contributed by atoms with Gasteiger partial charge in [-0.25, -0.2) is 0 Å². The molecule has 15 heavy (non-hydrogen) atoms. The molecule has 2 atom stereocenters. The third kappa shape index (κ3) is 1.47. The fourth-order valence-electron chi connectivity index (χ4n) is 1.86. The number of ether oxygens (including phenoxy) is 1. The minimum Gasteiger partial charge on any atom is -0.496 e. The molecule has 0 aliphatic heterocycles. The molecule has 1 saturated carbocycles. The number of carboxylic acid groups (broad SMARTS) is 1. The van der Waals surface area contributed by atoms with E-state index < -0.39 is 11.5 Å². The highest BCUT2D eigenvalue weighted by Crippen LogP contribution is 2.52. The topological polar surface area (TPSA) is 72.5 Å². The zero-order valence-electron chi connectivity index (χ0n) is 8.43. The van der Waals surface area contributed by atoms with Gasteiger partial charge in [0.15, 0.2) is 0 Å². The van der Waals surface area contributed by atoms with Crippen LogP contribution in [0.15, 0.2) is 24.3 Å². The Labute approximate surface area is 87.7 Å². The van der Waals surface area contributed by atoms with Gasteiger partial charge in [0.2, 0.25) is 0 Å². The first-order chi connectivity index (χ1) is 7.09. The molecule has 4 nitrogen and oxygen atoms in total. The summed E-state index contributed by atoms with van der Waals surface area (Å²) in [5.74, 6) is -0.374. The predicted molar refractivity (Wildman–Crippen MR) is 54.9 cm³/mol. The number of carbonyl (C=O) groups is 1. The van der Waals surface area contributed by atoms with Crippen molar-refractivity contribution in [3.05, 3.63) is 29.8 Å². The second kappa shape index (κ2) is 3.24. The zero-order chi connectivity index (χ0) is 11.1. The normalized spacial score (nSPS) is 28.5. The summed E-state index contributed by atoms with van der Waals surface area (Å²) in [7, 11) is 1.57. The van der Waals surface area contributed by atoms with E-state index in [1.807, 2.05) is 24.3 Å². The monoisotopic (exact) mass is 207 g/mol. The van der Waals surface area contributed by atoms with Crippen LogP contribution in [0.1, 0.15) is 17.9 Å². The van der Waals surface area contributed by atoms with Crippen molar-refractivity contribution in [2.24, 2.45) is 5.73 Å². The molecule has 0 spiro atoms. The summed E-state index contributed by atoms with van der Waals surface area (Å²) in [5.41, 5.74) is 5.51. The molecule has 1 aromatic rings. The molecule has 3 N–H and O–H groups in total. The number of rotatable bonds is 3. The van der Waals surface area contributed by atoms with Crippen LogP contribution in [0.25, 0.3) is 0 Å². The van der Waals surface area contributed by atoms with E-state index in [0.717, 1.165) is 5.56 Å². The van der Waals surface area contributed by atoms with Gasteiger partial charge >= 0.3 is 5.97 Å². The highest BCUT2D eigenvalue weighted by molar-refractivity contribution is 5.85. The summed E-state index contributed by atoms with van der Waals surface area (Å²) in [6, 6.07) is 7.39. The van der Waals surface area contributed by atoms with Crippen molar-refractivity contribution in [2.75, 3.05) is 7.11 Å². The zero-order valence-corrected chi connectivity index (χ0v) is 8.43. The highest BCUT2D eigenvalue weighted by Gasteiger charge is 2.59. The maximum absolute atomic E-state index is 10.9. The Morgan fingerprint density at radius 3 is 2.80 bits per heavy atom. The number of carboxylic acids is 1. The van der Waals surface area contributed by atoms with Crippen LogP contribution in [-0.4, -0.2) is 23.7 Å². The van der Waals surface area contributed by atoms with E-state index in [9.17, 15) is 4.79 Å². The summed E-state index contributed by atoms with van der Waals surface area (Å²) in [5, 5.41) is 8.94. The second-order valence-electron chi connectivity index (χ2n) is 3.84. The summed E-state index contributed by atoms with van der Waals surface area (Å²) < 4.78 is 5.17. The fraction of sp³-hybridized carbons (Fsp3) is 0.364. The van der Waals surface area contributed by atoms with E-state index in [1.165, 1.54) is 0 Å². The Bertz CT molecular complexity index is 405. The summed E-state index contributed by atoms with van der Waals surface area (Å²) >= 11 is 0. The minimum atomic E-state index is -1.10. The molecule has 0 saturated heterocycles. The van der Waals surface area contributed by atoms with Crippen LogP contribution in [0.2, 0.25) is 0 Å². The summed E-state index contributed by atoms with van der Waals surface area (Å²) in [6.07, 6.45) is 0.475. The molecule has 1 aliphatic rings. The Kier molecular flexibility index (Phi) is 2.16. The van der Waals surface area contributed by atoms with Crippen molar-refractivity contribution in [3.63, 3.8) is 0 Å². The van der Waals surface area contributed by atoms with Gasteiger partial charge in [0, 0.05) is 5.92 Å². The molecule has 1 aromatic carbocycles. The quantitative estimate of drug-likeness (QED) is 0.774. The third-order valence-electron chi connectivity index (χ3n) is 2.92. The Balaban J connectivity index is 2.30. The van der Waals surface area contributed by atoms with Gasteiger partial charge in [-0.1, -0.05) is 18.2 Å². The second-order valence-corrected chi connectivity index (χ2v) is 3.84. The van der Waals surface area contributed by atoms with Crippen molar-refractivity contribution in [3.8, 4) is 5.75 Å². The maximum atomic E-state index is 10.9. The van der Waals surface area contributed by atoms with Crippen molar-refractivity contribution in [2.45, 2.75) is 17.9 Å². The lowest BCUT2D eigenvalue weighted by Crippen LogP contribution is -2.34. The van der Waals surface area contributed by atoms with Crippen LogP contribution in [0.4, 0.5) is 0 Å². The fourth-order valence-corrected chi connectivity index (χ4v) is 1.86. The van der Waals surface area contributed by atoms with Crippen molar-refractivity contribution >= 4 is 5.97 Å². The van der Waals surface area contributed by atoms with E-state index in [2.05, 4.69) is 0 Å². The van der Waals surface area contributed by atoms with Crippen LogP contribution >= 0.6 is 0 Å². The van der Waals surface area contributed by atoms with Crippen LogP contribution in [-0.2, 0) is 4.79 Å². The molecule has 0 aromatic heterocycles. The number of methoxy groups -OCH3 is 1. The van der Waals surface area contributed by atoms with Gasteiger partial charge in [-0.15, -0.1) is 0 Å². The van der Waals surface area contributed by atoms with Gasteiger partial charge in [0.05, 0.1) is 7.11 Å². The smallest absolute Gasteiger partial charge is 0.324 e. The molecule has 1 aliphatic carbocycles. The van der Waals surface area contributed by atoms with Crippen LogP contribution in [0.3, 0.4) is 0 Å². The number of nitrogens with two attached hydrogens (primary N) is 1. The molecule has 80 valence electrons. The maximum Gasteiger partial charge on any atom is 0.324 e. The van der Waals surface area contributed by atoms with E-state index in [0.29, 0.717) is 12.2 Å². The van der Waals surface area contributed by atoms with E-state index in [4.69, 9.17) is 15.6 Å². The van der Waals surface area contributed by atoms with Gasteiger partial charge in [-0.3, -0.25) is 4.79 Å². The summed E-state index contributed by atoms with van der Waals surface area (Å²) in [6.45, 7) is 0. The molecule has 0 unspecified atom stereocenters. The van der Waals surface area contributed by atoms with Gasteiger partial charge in [0.25, 0.3) is 0 Å². The van der Waals surface area contributed by atoms with Gasteiger partial charge in [-0.05, 0) is 18.1 Å². The Hall–Kier alpha value is -1.55. The number of benzene rings is 1. The first-order valence-corrected chi connectivity index (χ1v) is 4.75. The van der Waals surface area contributed by atoms with Crippen molar-refractivity contribution in [1.29, 1.82) is 0 Å². The number of hydrogen-bond donors (Lipinski definition) is 2. The lowest BCUT2D eigenvalue weighted by molar-refractivity contribution is -0.139. The van der Waals surface area contributed by atoms with E-state index in [1.54, 1.807) is 7.11 Å². The van der Waals surface area contributed by atoms with Crippen molar-refractivity contribution < 1.29 is 14.6 Å². The van der Waals surface area contributed by atoms with E-state index >= 15 is 0 Å². The van der Waals surface area contributed by atoms with Crippen LogP contribution in [0.5, 0.6) is 5.75 Å². The third-order valence-corrected chi connectivity index (χ3v) is 2.92. The first kappa shape index (κ1) is 9.98. The molecule has 0 heterocycles. The highest BCUT2D eigenvalue weighted by atomic mass is 16.5. The largest absolute Gasteiger partial charge is 0.496 e. The molecule has 1 fully saturated rings. The molecule has 0 radical (unpaired) electrons. The van der Waals surface area contributed by atoms with Crippen LogP contribution < -0.4 is 10.5 Å². The lowest BCUT2D eigenvalue weighted by Gasteiger charge is -2.09. The molecular weight excluding hydrogens is 194 g/mol. The standard InChI is InChI=1S/C11H13NO3/c1-15-9-5-3-2-4-7(9)8-6-11(8,12)10(13)14/h2-5,8H,6,12H2,1H3,(H,13,14)/t8-,11+/m1/s1. The first-order valence-electron chi connectivity index (χ1n) is 4.75. The number of para-hydroxylation sites is 1. The van der Waals surface area contributed by atoms with Crippen LogP contribution in [0, 0.1) is 0 Å². The molecule has 0 amide bonds. The Morgan fingerprint density at radius 1 is 1.60 bits per heavy atom.